The molecule has 1 aliphatic rings. The standard InChI is InChI=1S/C13H20ClN3O2/c1-3-9-4-5-17(10(6-9)13(18)19)8-12-15-7-11(14)16(12)2/h7,9-10H,3-6,8H2,1-2H3,(H,18,19). The van der Waals surface area contributed by atoms with Crippen LogP contribution in [0.4, 0.5) is 0 Å². The van der Waals surface area contributed by atoms with Gasteiger partial charge in [0.2, 0.25) is 0 Å². The van der Waals surface area contributed by atoms with Gasteiger partial charge < -0.3 is 9.67 Å². The third-order valence-electron chi connectivity index (χ3n) is 4.06. The smallest absolute Gasteiger partial charge is 0.320 e. The molecule has 0 radical (unpaired) electrons. The molecule has 2 rings (SSSR count). The SMILES string of the molecule is CCC1CCN(Cc2ncc(Cl)n2C)C(C(=O)O)C1. The summed E-state index contributed by atoms with van der Waals surface area (Å²) in [5.41, 5.74) is 0. The highest BCUT2D eigenvalue weighted by atomic mass is 35.5. The average molecular weight is 286 g/mol. The molecule has 106 valence electrons. The van der Waals surface area contributed by atoms with Crippen LogP contribution in [0.1, 0.15) is 32.0 Å². The monoisotopic (exact) mass is 285 g/mol. The molecule has 1 N–H and O–H groups in total. The molecule has 0 aromatic carbocycles. The molecule has 0 spiro atoms. The highest BCUT2D eigenvalue weighted by molar-refractivity contribution is 6.29. The van der Waals surface area contributed by atoms with E-state index in [2.05, 4.69) is 11.9 Å². The summed E-state index contributed by atoms with van der Waals surface area (Å²) in [6, 6.07) is -0.408. The van der Waals surface area contributed by atoms with Gasteiger partial charge in [-0.05, 0) is 25.3 Å². The number of carboxylic acids is 1. The van der Waals surface area contributed by atoms with Crippen molar-refractivity contribution in [2.24, 2.45) is 13.0 Å². The number of carboxylic acid groups (broad SMARTS) is 1. The van der Waals surface area contributed by atoms with Crippen LogP contribution in [0.25, 0.3) is 0 Å². The number of hydrogen-bond acceptors (Lipinski definition) is 3. The van der Waals surface area contributed by atoms with Gasteiger partial charge in [0.1, 0.15) is 17.0 Å². The van der Waals surface area contributed by atoms with Crippen LogP contribution in [0.3, 0.4) is 0 Å². The van der Waals surface area contributed by atoms with Crippen molar-refractivity contribution >= 4 is 17.6 Å². The van der Waals surface area contributed by atoms with Crippen molar-refractivity contribution in [3.8, 4) is 0 Å². The minimum atomic E-state index is -0.738. The maximum Gasteiger partial charge on any atom is 0.320 e. The van der Waals surface area contributed by atoms with Crippen LogP contribution in [-0.4, -0.2) is 38.1 Å². The van der Waals surface area contributed by atoms with Crippen LogP contribution in [0.2, 0.25) is 5.15 Å². The second-order valence-electron chi connectivity index (χ2n) is 5.18. The quantitative estimate of drug-likeness (QED) is 0.921. The molecule has 2 unspecified atom stereocenters. The topological polar surface area (TPSA) is 58.4 Å². The fourth-order valence-electron chi connectivity index (χ4n) is 2.66. The van der Waals surface area contributed by atoms with Crippen LogP contribution in [-0.2, 0) is 18.4 Å². The molecule has 1 aromatic heterocycles. The minimum Gasteiger partial charge on any atom is -0.480 e. The fourth-order valence-corrected chi connectivity index (χ4v) is 2.80. The van der Waals surface area contributed by atoms with E-state index < -0.39 is 12.0 Å². The number of piperidine rings is 1. The molecule has 1 aliphatic heterocycles. The molecular formula is C13H20ClN3O2. The van der Waals surface area contributed by atoms with Crippen molar-refractivity contribution < 1.29 is 9.90 Å². The molecule has 5 nitrogen and oxygen atoms in total. The Morgan fingerprint density at radius 1 is 1.63 bits per heavy atom. The molecule has 1 fully saturated rings. The summed E-state index contributed by atoms with van der Waals surface area (Å²) in [4.78, 5) is 17.6. The lowest BCUT2D eigenvalue weighted by atomic mass is 9.89. The van der Waals surface area contributed by atoms with Gasteiger partial charge in [-0.3, -0.25) is 9.69 Å². The number of aliphatic carboxylic acids is 1. The van der Waals surface area contributed by atoms with Gasteiger partial charge >= 0.3 is 5.97 Å². The first-order chi connectivity index (χ1) is 9.02. The minimum absolute atomic E-state index is 0.408. The Morgan fingerprint density at radius 3 is 2.89 bits per heavy atom. The van der Waals surface area contributed by atoms with Crippen molar-refractivity contribution in [3.05, 3.63) is 17.2 Å². The van der Waals surface area contributed by atoms with Crippen molar-refractivity contribution in [2.75, 3.05) is 6.54 Å². The maximum atomic E-state index is 11.4. The number of aromatic nitrogens is 2. The van der Waals surface area contributed by atoms with Crippen LogP contribution in [0, 0.1) is 5.92 Å². The van der Waals surface area contributed by atoms with Gasteiger partial charge in [-0.15, -0.1) is 0 Å². The van der Waals surface area contributed by atoms with E-state index in [1.807, 2.05) is 11.9 Å². The molecule has 0 bridgehead atoms. The predicted molar refractivity (Wildman–Crippen MR) is 73.1 cm³/mol. The number of likely N-dealkylation sites (tertiary alicyclic amines) is 1. The van der Waals surface area contributed by atoms with Gasteiger partial charge in [-0.1, -0.05) is 24.9 Å². The van der Waals surface area contributed by atoms with Gasteiger partial charge in [0.05, 0.1) is 12.7 Å². The number of nitrogens with zero attached hydrogens (tertiary/aromatic N) is 3. The second kappa shape index (κ2) is 5.92. The third kappa shape index (κ3) is 3.09. The van der Waals surface area contributed by atoms with Crippen molar-refractivity contribution in [1.82, 2.24) is 14.5 Å². The summed E-state index contributed by atoms with van der Waals surface area (Å²) in [6.07, 6.45) is 4.43. The number of rotatable bonds is 4. The first-order valence-electron chi connectivity index (χ1n) is 6.65. The Hall–Kier alpha value is -1.07. The van der Waals surface area contributed by atoms with E-state index in [9.17, 15) is 9.90 Å². The van der Waals surface area contributed by atoms with E-state index in [0.29, 0.717) is 17.6 Å². The third-order valence-corrected chi connectivity index (χ3v) is 4.41. The maximum absolute atomic E-state index is 11.4. The Bertz CT molecular complexity index is 461. The Morgan fingerprint density at radius 2 is 2.37 bits per heavy atom. The number of carbonyl (C=O) groups is 1. The summed E-state index contributed by atoms with van der Waals surface area (Å²) in [7, 11) is 1.85. The fraction of sp³-hybridized carbons (Fsp3) is 0.692. The summed E-state index contributed by atoms with van der Waals surface area (Å²) >= 11 is 5.96. The van der Waals surface area contributed by atoms with E-state index in [0.717, 1.165) is 31.6 Å². The highest BCUT2D eigenvalue weighted by Gasteiger charge is 2.33. The van der Waals surface area contributed by atoms with Crippen molar-refractivity contribution in [1.29, 1.82) is 0 Å². The van der Waals surface area contributed by atoms with E-state index in [1.165, 1.54) is 0 Å². The Labute approximate surface area is 118 Å². The van der Waals surface area contributed by atoms with Crippen LogP contribution < -0.4 is 0 Å². The normalized spacial score (nSPS) is 24.6. The molecule has 1 saturated heterocycles. The first kappa shape index (κ1) is 14.3. The predicted octanol–water partition coefficient (Wildman–Crippen LogP) is 2.15. The molecular weight excluding hydrogens is 266 g/mol. The van der Waals surface area contributed by atoms with Gasteiger partial charge in [0.15, 0.2) is 0 Å². The van der Waals surface area contributed by atoms with E-state index in [1.54, 1.807) is 10.8 Å². The van der Waals surface area contributed by atoms with Gasteiger partial charge in [-0.25, -0.2) is 4.98 Å². The summed E-state index contributed by atoms with van der Waals surface area (Å²) in [5.74, 6) is 0.590. The summed E-state index contributed by atoms with van der Waals surface area (Å²) in [6.45, 7) is 3.47. The number of imidazole rings is 1. The van der Waals surface area contributed by atoms with Gasteiger partial charge in [0.25, 0.3) is 0 Å². The zero-order chi connectivity index (χ0) is 14.0. The molecule has 2 atom stereocenters. The first-order valence-corrected chi connectivity index (χ1v) is 7.03. The molecule has 0 saturated carbocycles. The molecule has 0 amide bonds. The second-order valence-corrected chi connectivity index (χ2v) is 5.57. The zero-order valence-electron chi connectivity index (χ0n) is 11.3. The molecule has 6 heteroatoms. The van der Waals surface area contributed by atoms with Crippen LogP contribution in [0.15, 0.2) is 6.20 Å². The molecule has 0 aliphatic carbocycles. The number of hydrogen-bond donors (Lipinski definition) is 1. The lowest BCUT2D eigenvalue weighted by Gasteiger charge is -2.36. The summed E-state index contributed by atoms with van der Waals surface area (Å²) in [5, 5.41) is 9.95. The lowest BCUT2D eigenvalue weighted by molar-refractivity contribution is -0.145. The zero-order valence-corrected chi connectivity index (χ0v) is 12.1. The van der Waals surface area contributed by atoms with Crippen molar-refractivity contribution in [2.45, 2.75) is 38.8 Å². The highest BCUT2D eigenvalue weighted by Crippen LogP contribution is 2.27. The Balaban J connectivity index is 2.10. The van der Waals surface area contributed by atoms with E-state index in [-0.39, 0.29) is 0 Å². The summed E-state index contributed by atoms with van der Waals surface area (Å²) < 4.78 is 1.80. The molecule has 19 heavy (non-hydrogen) atoms. The lowest BCUT2D eigenvalue weighted by Crippen LogP contribution is -2.46. The van der Waals surface area contributed by atoms with Gasteiger partial charge in [-0.2, -0.15) is 0 Å². The van der Waals surface area contributed by atoms with Crippen molar-refractivity contribution in [3.63, 3.8) is 0 Å². The average Bonchev–Trinajstić information content (AvgIpc) is 2.71. The Kier molecular flexibility index (Phi) is 4.47. The van der Waals surface area contributed by atoms with Crippen LogP contribution >= 0.6 is 11.6 Å². The largest absolute Gasteiger partial charge is 0.480 e. The van der Waals surface area contributed by atoms with Crippen LogP contribution in [0.5, 0.6) is 0 Å². The molecule has 2 heterocycles. The van der Waals surface area contributed by atoms with E-state index >= 15 is 0 Å². The molecule has 1 aromatic rings. The van der Waals surface area contributed by atoms with E-state index in [4.69, 9.17) is 11.6 Å². The number of halogens is 1. The van der Waals surface area contributed by atoms with Gasteiger partial charge in [0, 0.05) is 7.05 Å².